The Balaban J connectivity index is 1.65. The molecule has 3 aromatic heterocycles. The van der Waals surface area contributed by atoms with Crippen LogP contribution in [0.15, 0.2) is 52.7 Å². The van der Waals surface area contributed by atoms with E-state index in [1.165, 1.54) is 18.2 Å². The molecule has 0 atom stereocenters. The number of halogens is 2. The summed E-state index contributed by atoms with van der Waals surface area (Å²) in [5, 5.41) is 0.635. The third-order valence-corrected chi connectivity index (χ3v) is 7.62. The molecule has 0 aliphatic carbocycles. The number of hydrogen-bond donors (Lipinski definition) is 1. The molecule has 0 saturated carbocycles. The zero-order valence-corrected chi connectivity index (χ0v) is 18.6. The van der Waals surface area contributed by atoms with Gasteiger partial charge in [-0.1, -0.05) is 35.3 Å². The number of sulfonamides is 1. The number of amides is 1. The fourth-order valence-corrected chi connectivity index (χ4v) is 5.44. The molecule has 0 spiro atoms. The molecule has 0 fully saturated rings. The Morgan fingerprint density at radius 3 is 2.47 bits per heavy atom. The van der Waals surface area contributed by atoms with Crippen molar-refractivity contribution in [2.24, 2.45) is 0 Å². The Hall–Kier alpha value is -2.46. The minimum atomic E-state index is -4.04. The number of aryl methyl sites for hydroxylation is 1. The van der Waals surface area contributed by atoms with E-state index in [-0.39, 0.29) is 9.90 Å². The van der Waals surface area contributed by atoms with Crippen molar-refractivity contribution in [2.45, 2.75) is 17.7 Å². The van der Waals surface area contributed by atoms with Gasteiger partial charge >= 0.3 is 0 Å². The lowest BCUT2D eigenvalue weighted by Crippen LogP contribution is -2.30. The van der Waals surface area contributed by atoms with Crippen molar-refractivity contribution < 1.29 is 13.2 Å². The minimum absolute atomic E-state index is 0.0361. The highest BCUT2D eigenvalue weighted by molar-refractivity contribution is 7.92. The Kier molecular flexibility index (Phi) is 5.54. The van der Waals surface area contributed by atoms with E-state index in [1.807, 2.05) is 28.3 Å². The largest absolute Gasteiger partial charge is 0.308 e. The van der Waals surface area contributed by atoms with Gasteiger partial charge in [0.25, 0.3) is 15.9 Å². The number of rotatable bonds is 5. The van der Waals surface area contributed by atoms with Crippen LogP contribution < -0.4 is 4.72 Å². The van der Waals surface area contributed by atoms with E-state index in [1.54, 1.807) is 18.2 Å². The number of aromatic nitrogens is 3. The smallest absolute Gasteiger partial charge is 0.283 e. The van der Waals surface area contributed by atoms with Crippen LogP contribution in [-0.2, 0) is 16.6 Å². The van der Waals surface area contributed by atoms with E-state index in [0.717, 1.165) is 16.9 Å². The van der Waals surface area contributed by atoms with Gasteiger partial charge in [0.1, 0.15) is 21.2 Å². The summed E-state index contributed by atoms with van der Waals surface area (Å²) in [6.45, 7) is 2.31. The predicted octanol–water partition coefficient (Wildman–Crippen LogP) is 4.28. The molecule has 0 saturated heterocycles. The molecular weight excluding hydrogens is 467 g/mol. The zero-order chi connectivity index (χ0) is 21.5. The lowest BCUT2D eigenvalue weighted by Gasteiger charge is -2.08. The Morgan fingerprint density at radius 1 is 1.07 bits per heavy atom. The van der Waals surface area contributed by atoms with Gasteiger partial charge in [-0.3, -0.25) is 4.79 Å². The number of nitrogens with zero attached hydrogens (tertiary/aromatic N) is 3. The topological polar surface area (TPSA) is 93.9 Å². The Bertz CT molecular complexity index is 1360. The Morgan fingerprint density at radius 2 is 1.80 bits per heavy atom. The number of hydrogen-bond acceptors (Lipinski definition) is 6. The molecule has 0 radical (unpaired) electrons. The quantitative estimate of drug-likeness (QED) is 0.460. The molecule has 4 aromatic rings. The summed E-state index contributed by atoms with van der Waals surface area (Å²) in [6.07, 6.45) is 0. The van der Waals surface area contributed by atoms with Crippen LogP contribution in [-0.4, -0.2) is 28.9 Å². The fraction of sp³-hybridized carbons (Fsp3) is 0.105. The SMILES string of the molecule is Cc1nc2ccc(C(=O)NS(=O)(=O)c3ccc(Cl)s3)nc2n1Cc1ccc(Cl)cc1. The van der Waals surface area contributed by atoms with Crippen LogP contribution in [0.25, 0.3) is 11.2 Å². The van der Waals surface area contributed by atoms with Crippen LogP contribution in [0.2, 0.25) is 9.36 Å². The van der Waals surface area contributed by atoms with Gasteiger partial charge in [0, 0.05) is 5.02 Å². The van der Waals surface area contributed by atoms with Crippen molar-refractivity contribution in [1.82, 2.24) is 19.3 Å². The molecule has 1 amide bonds. The van der Waals surface area contributed by atoms with Crippen molar-refractivity contribution in [2.75, 3.05) is 0 Å². The van der Waals surface area contributed by atoms with Gasteiger partial charge in [-0.2, -0.15) is 0 Å². The molecule has 0 aliphatic heterocycles. The zero-order valence-electron chi connectivity index (χ0n) is 15.5. The second kappa shape index (κ2) is 7.99. The first kappa shape index (κ1) is 20.8. The maximum absolute atomic E-state index is 12.6. The van der Waals surface area contributed by atoms with Crippen molar-refractivity contribution in [3.8, 4) is 0 Å². The number of fused-ring (bicyclic) bond motifs is 1. The van der Waals surface area contributed by atoms with E-state index in [0.29, 0.717) is 32.9 Å². The van der Waals surface area contributed by atoms with Crippen LogP contribution in [0.1, 0.15) is 21.9 Å². The van der Waals surface area contributed by atoms with Gasteiger partial charge in [0.2, 0.25) is 0 Å². The highest BCUT2D eigenvalue weighted by Gasteiger charge is 2.22. The maximum Gasteiger partial charge on any atom is 0.283 e. The molecule has 1 N–H and O–H groups in total. The van der Waals surface area contributed by atoms with Crippen LogP contribution in [0, 0.1) is 6.92 Å². The lowest BCUT2D eigenvalue weighted by molar-refractivity contribution is 0.0977. The van der Waals surface area contributed by atoms with Crippen LogP contribution >= 0.6 is 34.5 Å². The number of carbonyl (C=O) groups is 1. The summed E-state index contributed by atoms with van der Waals surface area (Å²) >= 11 is 12.6. The van der Waals surface area contributed by atoms with Crippen molar-refractivity contribution in [3.63, 3.8) is 0 Å². The Labute approximate surface area is 186 Å². The highest BCUT2D eigenvalue weighted by atomic mass is 35.5. The second-order valence-electron chi connectivity index (χ2n) is 6.40. The summed E-state index contributed by atoms with van der Waals surface area (Å²) in [4.78, 5) is 21.4. The van der Waals surface area contributed by atoms with Gasteiger partial charge < -0.3 is 4.57 Å². The van der Waals surface area contributed by atoms with Crippen molar-refractivity contribution in [1.29, 1.82) is 0 Å². The molecule has 0 unspecified atom stereocenters. The fourth-order valence-electron chi connectivity index (χ4n) is 2.87. The number of imidazole rings is 1. The van der Waals surface area contributed by atoms with Gasteiger partial charge in [0.05, 0.1) is 10.9 Å². The summed E-state index contributed by atoms with van der Waals surface area (Å²) in [5.74, 6) is -0.121. The molecule has 4 rings (SSSR count). The average Bonchev–Trinajstić information content (AvgIpc) is 3.27. The summed E-state index contributed by atoms with van der Waals surface area (Å²) < 4.78 is 28.9. The van der Waals surface area contributed by atoms with E-state index in [9.17, 15) is 13.2 Å². The van der Waals surface area contributed by atoms with Crippen LogP contribution in [0.5, 0.6) is 0 Å². The number of pyridine rings is 1. The lowest BCUT2D eigenvalue weighted by atomic mass is 10.2. The summed E-state index contributed by atoms with van der Waals surface area (Å²) in [7, 11) is -4.04. The number of benzene rings is 1. The van der Waals surface area contributed by atoms with Crippen molar-refractivity contribution in [3.05, 3.63) is 75.0 Å². The summed E-state index contributed by atoms with van der Waals surface area (Å²) in [5.41, 5.74) is 2.03. The van der Waals surface area contributed by atoms with Gasteiger partial charge in [0.15, 0.2) is 5.65 Å². The number of nitrogens with one attached hydrogen (secondary N) is 1. The number of carbonyl (C=O) groups excluding carboxylic acids is 1. The monoisotopic (exact) mass is 480 g/mol. The van der Waals surface area contributed by atoms with Crippen LogP contribution in [0.4, 0.5) is 0 Å². The number of thiophene rings is 1. The van der Waals surface area contributed by atoms with E-state index < -0.39 is 15.9 Å². The van der Waals surface area contributed by atoms with Gasteiger partial charge in [-0.25, -0.2) is 23.1 Å². The highest BCUT2D eigenvalue weighted by Crippen LogP contribution is 2.25. The molecule has 0 bridgehead atoms. The molecule has 7 nitrogen and oxygen atoms in total. The molecule has 0 aliphatic rings. The van der Waals surface area contributed by atoms with E-state index >= 15 is 0 Å². The first-order valence-electron chi connectivity index (χ1n) is 8.64. The van der Waals surface area contributed by atoms with Crippen molar-refractivity contribution >= 4 is 61.6 Å². The third kappa shape index (κ3) is 4.20. The predicted molar refractivity (Wildman–Crippen MR) is 117 cm³/mol. The van der Waals surface area contributed by atoms with Crippen LogP contribution in [0.3, 0.4) is 0 Å². The normalized spacial score (nSPS) is 11.7. The average molecular weight is 481 g/mol. The molecule has 1 aromatic carbocycles. The molecule has 11 heteroatoms. The van der Waals surface area contributed by atoms with E-state index in [4.69, 9.17) is 23.2 Å². The molecular formula is C19H14Cl2N4O3S2. The molecule has 3 heterocycles. The third-order valence-electron chi connectivity index (χ3n) is 4.31. The van der Waals surface area contributed by atoms with Gasteiger partial charge in [-0.05, 0) is 48.9 Å². The summed E-state index contributed by atoms with van der Waals surface area (Å²) in [6, 6.07) is 13.2. The standard InChI is InChI=1S/C19H14Cl2N4O3S2/c1-11-22-14-6-7-15(19(26)24-30(27,28)17-9-8-16(21)29-17)23-18(14)25(11)10-12-2-4-13(20)5-3-12/h2-9H,10H2,1H3,(H,24,26). The molecule has 30 heavy (non-hydrogen) atoms. The maximum atomic E-state index is 12.6. The second-order valence-corrected chi connectivity index (χ2v) is 10.5. The first-order chi connectivity index (χ1) is 14.2. The van der Waals surface area contributed by atoms with Gasteiger partial charge in [-0.15, -0.1) is 11.3 Å². The first-order valence-corrected chi connectivity index (χ1v) is 11.7. The minimum Gasteiger partial charge on any atom is -0.308 e. The molecule has 154 valence electrons. The van der Waals surface area contributed by atoms with E-state index in [2.05, 4.69) is 9.97 Å².